The number of carbonyl (C=O) groups is 1. The van der Waals surface area contributed by atoms with Gasteiger partial charge in [-0.25, -0.2) is 5.01 Å². The van der Waals surface area contributed by atoms with Gasteiger partial charge in [0.25, 0.3) is 0 Å². The zero-order valence-corrected chi connectivity index (χ0v) is 18.5. The number of para-hydroxylation sites is 1. The molecule has 6 nitrogen and oxygen atoms in total. The molecular weight excluding hydrogens is 410 g/mol. The number of anilines is 1. The van der Waals surface area contributed by atoms with E-state index in [2.05, 4.69) is 11.8 Å². The van der Waals surface area contributed by atoms with Crippen molar-refractivity contribution < 1.29 is 14.3 Å². The van der Waals surface area contributed by atoms with Gasteiger partial charge in [0, 0.05) is 12.1 Å². The third kappa shape index (κ3) is 2.91. The van der Waals surface area contributed by atoms with Gasteiger partial charge in [-0.05, 0) is 54.6 Å². The van der Waals surface area contributed by atoms with Crippen molar-refractivity contribution in [1.29, 1.82) is 0 Å². The minimum atomic E-state index is -0.670. The Kier molecular flexibility index (Phi) is 4.70. The molecule has 1 aromatic heterocycles. The summed E-state index contributed by atoms with van der Waals surface area (Å²) in [6.07, 6.45) is 0.782. The number of amidine groups is 1. The van der Waals surface area contributed by atoms with Gasteiger partial charge in [-0.15, -0.1) is 16.4 Å². The summed E-state index contributed by atoms with van der Waals surface area (Å²) in [5.41, 5.74) is 2.47. The first-order valence-electron chi connectivity index (χ1n) is 10.1. The number of hydrogen-bond acceptors (Lipinski definition) is 7. The Bertz CT molecular complexity index is 1160. The summed E-state index contributed by atoms with van der Waals surface area (Å²) in [4.78, 5) is 16.2. The van der Waals surface area contributed by atoms with Crippen molar-refractivity contribution in [3.8, 4) is 11.5 Å². The fourth-order valence-corrected chi connectivity index (χ4v) is 5.17. The molecule has 0 unspecified atom stereocenters. The van der Waals surface area contributed by atoms with Crippen LogP contribution in [-0.2, 0) is 12.1 Å². The summed E-state index contributed by atoms with van der Waals surface area (Å²) in [6.45, 7) is 2.79. The second-order valence-corrected chi connectivity index (χ2v) is 8.61. The minimum Gasteiger partial charge on any atom is -0.493 e. The Morgan fingerprint density at radius 3 is 2.48 bits per heavy atom. The standard InChI is InChI=1S/C24H23N3O3S/c1-24-18-15-20(30-3)19(29-2)14-16(18)11-12-26(24)23(22(28)21-10-7-13-31-21)25-27(24)17-8-5-4-6-9-17/h4-10,13-15H,11-12H2,1-3H3/t24-/m1/s1. The topological polar surface area (TPSA) is 54.4 Å². The lowest BCUT2D eigenvalue weighted by Gasteiger charge is -2.46. The molecule has 0 bridgehead atoms. The molecule has 3 heterocycles. The van der Waals surface area contributed by atoms with Crippen molar-refractivity contribution in [1.82, 2.24) is 4.90 Å². The van der Waals surface area contributed by atoms with Gasteiger partial charge in [0.15, 0.2) is 17.2 Å². The predicted octanol–water partition coefficient (Wildman–Crippen LogP) is 4.51. The Hall–Kier alpha value is -3.32. The lowest BCUT2D eigenvalue weighted by molar-refractivity contribution is 0.103. The molecule has 0 aliphatic carbocycles. The Morgan fingerprint density at radius 1 is 1.06 bits per heavy atom. The zero-order chi connectivity index (χ0) is 21.6. The fourth-order valence-electron chi connectivity index (χ4n) is 4.52. The largest absolute Gasteiger partial charge is 0.493 e. The molecule has 0 amide bonds. The van der Waals surface area contributed by atoms with Gasteiger partial charge < -0.3 is 14.4 Å². The van der Waals surface area contributed by atoms with Crippen LogP contribution in [0.2, 0.25) is 0 Å². The molecule has 1 atom stereocenters. The molecule has 0 saturated carbocycles. The molecule has 2 aliphatic heterocycles. The number of nitrogens with zero attached hydrogens (tertiary/aromatic N) is 3. The smallest absolute Gasteiger partial charge is 0.239 e. The second kappa shape index (κ2) is 7.42. The van der Waals surface area contributed by atoms with Crippen LogP contribution in [0.5, 0.6) is 11.5 Å². The maximum Gasteiger partial charge on any atom is 0.239 e. The highest BCUT2D eigenvalue weighted by molar-refractivity contribution is 7.13. The summed E-state index contributed by atoms with van der Waals surface area (Å²) in [5.74, 6) is 1.78. The molecule has 31 heavy (non-hydrogen) atoms. The first-order chi connectivity index (χ1) is 15.1. The highest BCUT2D eigenvalue weighted by Gasteiger charge is 2.52. The van der Waals surface area contributed by atoms with Crippen molar-refractivity contribution in [3.05, 3.63) is 76.0 Å². The van der Waals surface area contributed by atoms with E-state index in [4.69, 9.17) is 14.6 Å². The highest BCUT2D eigenvalue weighted by atomic mass is 32.1. The number of carbonyl (C=O) groups excluding carboxylic acids is 1. The van der Waals surface area contributed by atoms with Crippen LogP contribution in [-0.4, -0.2) is 37.3 Å². The summed E-state index contributed by atoms with van der Waals surface area (Å²) in [5, 5.41) is 8.76. The zero-order valence-electron chi connectivity index (χ0n) is 17.7. The minimum absolute atomic E-state index is 0.0522. The number of ether oxygens (including phenoxy) is 2. The van der Waals surface area contributed by atoms with Gasteiger partial charge in [0.2, 0.25) is 11.6 Å². The van der Waals surface area contributed by atoms with Crippen LogP contribution >= 0.6 is 11.3 Å². The third-order valence-corrected chi connectivity index (χ3v) is 6.93. The normalized spacial score (nSPS) is 19.5. The number of Topliss-reactive ketones (excluding diaryl/α,β-unsaturated/α-hetero) is 1. The molecule has 0 fully saturated rings. The van der Waals surface area contributed by atoms with Crippen LogP contribution in [0.4, 0.5) is 5.69 Å². The lowest BCUT2D eigenvalue weighted by Crippen LogP contribution is -2.55. The second-order valence-electron chi connectivity index (χ2n) is 7.66. The van der Waals surface area contributed by atoms with Crippen molar-refractivity contribution in [2.75, 3.05) is 25.8 Å². The molecule has 158 valence electrons. The number of hydrogen-bond donors (Lipinski definition) is 0. The molecule has 0 saturated heterocycles. The number of thiophene rings is 1. The fraction of sp³-hybridized carbons (Fsp3) is 0.250. The van der Waals surface area contributed by atoms with Gasteiger partial charge in [-0.2, -0.15) is 0 Å². The van der Waals surface area contributed by atoms with E-state index in [-0.39, 0.29) is 5.78 Å². The molecule has 2 aromatic carbocycles. The average molecular weight is 434 g/mol. The quantitative estimate of drug-likeness (QED) is 0.554. The predicted molar refractivity (Wildman–Crippen MR) is 122 cm³/mol. The van der Waals surface area contributed by atoms with Gasteiger partial charge in [0.1, 0.15) is 0 Å². The summed E-state index contributed by atoms with van der Waals surface area (Å²) in [7, 11) is 3.28. The van der Waals surface area contributed by atoms with Crippen molar-refractivity contribution >= 4 is 28.6 Å². The van der Waals surface area contributed by atoms with Gasteiger partial charge in [0.05, 0.1) is 24.8 Å². The Labute approximate surface area is 185 Å². The number of fused-ring (bicyclic) bond motifs is 3. The van der Waals surface area contributed by atoms with Crippen LogP contribution in [0.3, 0.4) is 0 Å². The molecule has 2 aliphatic rings. The van der Waals surface area contributed by atoms with E-state index >= 15 is 0 Å². The molecule has 0 spiro atoms. The van der Waals surface area contributed by atoms with E-state index in [1.54, 1.807) is 14.2 Å². The van der Waals surface area contributed by atoms with Crippen molar-refractivity contribution in [2.45, 2.75) is 19.0 Å². The monoisotopic (exact) mass is 433 g/mol. The maximum atomic E-state index is 13.4. The van der Waals surface area contributed by atoms with E-state index in [0.717, 1.165) is 23.2 Å². The molecule has 3 aromatic rings. The van der Waals surface area contributed by atoms with Gasteiger partial charge in [-0.1, -0.05) is 24.3 Å². The van der Waals surface area contributed by atoms with E-state index in [1.165, 1.54) is 11.3 Å². The third-order valence-electron chi connectivity index (χ3n) is 6.06. The average Bonchev–Trinajstić information content (AvgIpc) is 3.45. The number of rotatable bonds is 5. The van der Waals surface area contributed by atoms with Crippen LogP contribution in [0.15, 0.2) is 65.1 Å². The van der Waals surface area contributed by atoms with Crippen molar-refractivity contribution in [3.63, 3.8) is 0 Å². The van der Waals surface area contributed by atoms with Crippen LogP contribution in [0.1, 0.15) is 27.7 Å². The Morgan fingerprint density at radius 2 is 1.81 bits per heavy atom. The van der Waals surface area contributed by atoms with E-state index in [9.17, 15) is 4.79 Å². The van der Waals surface area contributed by atoms with Crippen LogP contribution < -0.4 is 14.5 Å². The summed E-state index contributed by atoms with van der Waals surface area (Å²) >= 11 is 1.44. The molecule has 0 radical (unpaired) electrons. The van der Waals surface area contributed by atoms with E-state index < -0.39 is 5.66 Å². The van der Waals surface area contributed by atoms with E-state index in [0.29, 0.717) is 28.8 Å². The van der Waals surface area contributed by atoms with Crippen LogP contribution in [0, 0.1) is 0 Å². The SMILES string of the molecule is COc1cc2c(cc1OC)[C@]1(C)N(CC2)C(C(=O)c2cccs2)=NN1c1ccccc1. The van der Waals surface area contributed by atoms with Crippen LogP contribution in [0.25, 0.3) is 0 Å². The van der Waals surface area contributed by atoms with Gasteiger partial charge in [-0.3, -0.25) is 4.79 Å². The number of hydrazone groups is 1. The van der Waals surface area contributed by atoms with E-state index in [1.807, 2.05) is 65.0 Å². The summed E-state index contributed by atoms with van der Waals surface area (Å²) < 4.78 is 11.1. The first-order valence-corrected chi connectivity index (χ1v) is 11.0. The molecule has 7 heteroatoms. The highest BCUT2D eigenvalue weighted by Crippen LogP contribution is 2.48. The first kappa shape index (κ1) is 19.6. The molecule has 0 N–H and O–H groups in total. The number of benzene rings is 2. The van der Waals surface area contributed by atoms with Crippen molar-refractivity contribution in [2.24, 2.45) is 5.10 Å². The maximum absolute atomic E-state index is 13.4. The molecule has 5 rings (SSSR count). The number of ketones is 1. The number of methoxy groups -OCH3 is 2. The molecular formula is C24H23N3O3S. The van der Waals surface area contributed by atoms with Gasteiger partial charge >= 0.3 is 0 Å². The lowest BCUT2D eigenvalue weighted by atomic mass is 9.87. The Balaban J connectivity index is 1.70. The summed E-state index contributed by atoms with van der Waals surface area (Å²) in [6, 6.07) is 17.8.